The number of aryl methyl sites for hydroxylation is 2. The maximum Gasteiger partial charge on any atom is 0.231 e. The average Bonchev–Trinajstić information content (AvgIpc) is 3.10. The Morgan fingerprint density at radius 3 is 2.82 bits per heavy atom. The van der Waals surface area contributed by atoms with Gasteiger partial charge in [-0.2, -0.15) is 0 Å². The van der Waals surface area contributed by atoms with Crippen LogP contribution in [0, 0.1) is 13.8 Å². The van der Waals surface area contributed by atoms with Crippen molar-refractivity contribution in [2.75, 3.05) is 13.3 Å². The normalized spacial score (nSPS) is 14.3. The van der Waals surface area contributed by atoms with Gasteiger partial charge in [0, 0.05) is 11.6 Å². The molecule has 1 aromatic heterocycles. The smallest absolute Gasteiger partial charge is 0.231 e. The summed E-state index contributed by atoms with van der Waals surface area (Å²) in [4.78, 5) is 0. The van der Waals surface area contributed by atoms with Gasteiger partial charge in [-0.3, -0.25) is 0 Å². The van der Waals surface area contributed by atoms with Gasteiger partial charge < -0.3 is 19.3 Å². The summed E-state index contributed by atoms with van der Waals surface area (Å²) >= 11 is 0. The maximum atomic E-state index is 5.42. The van der Waals surface area contributed by atoms with Gasteiger partial charge in [0.05, 0.1) is 5.69 Å². The predicted molar refractivity (Wildman–Crippen MR) is 83.3 cm³/mol. The number of nitrogens with one attached hydrogen (secondary N) is 1. The molecule has 1 N–H and O–H groups in total. The van der Waals surface area contributed by atoms with Crippen molar-refractivity contribution < 1.29 is 14.0 Å². The zero-order valence-electron chi connectivity index (χ0n) is 13.3. The quantitative estimate of drug-likeness (QED) is 0.830. The van der Waals surface area contributed by atoms with Crippen LogP contribution in [0.25, 0.3) is 0 Å². The highest BCUT2D eigenvalue weighted by molar-refractivity contribution is 5.45. The van der Waals surface area contributed by atoms with E-state index < -0.39 is 0 Å². The third-order valence-corrected chi connectivity index (χ3v) is 4.13. The monoisotopic (exact) mass is 302 g/mol. The summed E-state index contributed by atoms with van der Waals surface area (Å²) in [6, 6.07) is 6.38. The highest BCUT2D eigenvalue weighted by atomic mass is 16.7. The Labute approximate surface area is 130 Å². The van der Waals surface area contributed by atoms with E-state index in [-0.39, 0.29) is 6.04 Å². The minimum absolute atomic E-state index is 0.277. The summed E-state index contributed by atoms with van der Waals surface area (Å²) in [6.45, 7) is 7.39. The van der Waals surface area contributed by atoms with E-state index in [0.717, 1.165) is 42.3 Å². The van der Waals surface area contributed by atoms with E-state index in [1.54, 1.807) is 0 Å². The number of benzene rings is 1. The summed E-state index contributed by atoms with van der Waals surface area (Å²) in [5.41, 5.74) is 3.44. The number of hydrogen-bond acceptors (Lipinski definition) is 5. The van der Waals surface area contributed by atoms with Gasteiger partial charge in [0.1, 0.15) is 5.76 Å². The van der Waals surface area contributed by atoms with E-state index in [1.165, 1.54) is 11.1 Å². The molecule has 2 heterocycles. The Morgan fingerprint density at radius 1 is 1.23 bits per heavy atom. The van der Waals surface area contributed by atoms with Gasteiger partial charge in [-0.05, 0) is 57.9 Å². The van der Waals surface area contributed by atoms with Crippen LogP contribution in [0.2, 0.25) is 0 Å². The molecule has 0 aliphatic carbocycles. The summed E-state index contributed by atoms with van der Waals surface area (Å²) in [6.07, 6.45) is 2.04. The molecule has 0 saturated carbocycles. The van der Waals surface area contributed by atoms with E-state index in [0.29, 0.717) is 6.79 Å². The first-order valence-corrected chi connectivity index (χ1v) is 7.70. The van der Waals surface area contributed by atoms with Gasteiger partial charge in [-0.1, -0.05) is 11.2 Å². The van der Waals surface area contributed by atoms with E-state index in [1.807, 2.05) is 26.0 Å². The fourth-order valence-electron chi connectivity index (χ4n) is 2.74. The first-order chi connectivity index (χ1) is 10.6. The van der Waals surface area contributed by atoms with Crippen LogP contribution in [0.5, 0.6) is 11.5 Å². The molecule has 5 heteroatoms. The molecule has 0 amide bonds. The molecule has 22 heavy (non-hydrogen) atoms. The summed E-state index contributed by atoms with van der Waals surface area (Å²) in [5.74, 6) is 2.59. The molecule has 1 aliphatic heterocycles. The highest BCUT2D eigenvalue weighted by Crippen LogP contribution is 2.34. The second kappa shape index (κ2) is 6.40. The van der Waals surface area contributed by atoms with Crippen LogP contribution in [0.3, 0.4) is 0 Å². The molecule has 1 aromatic carbocycles. The van der Waals surface area contributed by atoms with Crippen molar-refractivity contribution in [3.05, 3.63) is 40.8 Å². The Balaban J connectivity index is 1.49. The number of aromatic nitrogens is 1. The lowest BCUT2D eigenvalue weighted by Crippen LogP contribution is -2.20. The van der Waals surface area contributed by atoms with Gasteiger partial charge in [0.2, 0.25) is 6.79 Å². The van der Waals surface area contributed by atoms with Crippen LogP contribution >= 0.6 is 0 Å². The Bertz CT molecular complexity index is 632. The molecule has 1 aliphatic rings. The van der Waals surface area contributed by atoms with Crippen LogP contribution in [-0.2, 0) is 6.42 Å². The van der Waals surface area contributed by atoms with Crippen LogP contribution in [0.1, 0.15) is 42.0 Å². The molecule has 0 fully saturated rings. The van der Waals surface area contributed by atoms with Crippen molar-refractivity contribution in [3.8, 4) is 11.5 Å². The third kappa shape index (κ3) is 3.09. The molecule has 2 aromatic rings. The van der Waals surface area contributed by atoms with Crippen molar-refractivity contribution in [1.29, 1.82) is 0 Å². The lowest BCUT2D eigenvalue weighted by Gasteiger charge is -2.14. The predicted octanol–water partition coefficient (Wildman–Crippen LogP) is 3.30. The molecule has 5 nitrogen and oxygen atoms in total. The van der Waals surface area contributed by atoms with Crippen LogP contribution in [0.4, 0.5) is 0 Å². The van der Waals surface area contributed by atoms with Crippen molar-refractivity contribution in [2.24, 2.45) is 0 Å². The highest BCUT2D eigenvalue weighted by Gasteiger charge is 2.15. The first-order valence-electron chi connectivity index (χ1n) is 7.70. The van der Waals surface area contributed by atoms with E-state index in [9.17, 15) is 0 Å². The number of ether oxygens (including phenoxy) is 2. The fraction of sp³-hybridized carbons (Fsp3) is 0.471. The molecule has 1 atom stereocenters. The lowest BCUT2D eigenvalue weighted by atomic mass is 10.1. The van der Waals surface area contributed by atoms with Gasteiger partial charge in [-0.15, -0.1) is 0 Å². The van der Waals surface area contributed by atoms with Crippen molar-refractivity contribution in [3.63, 3.8) is 0 Å². The SMILES string of the molecule is Cc1noc(C)c1CCCN[C@@H](C)c1ccc2c(c1)OCO2. The number of hydrogen-bond donors (Lipinski definition) is 1. The molecule has 118 valence electrons. The number of fused-ring (bicyclic) bond motifs is 1. The average molecular weight is 302 g/mol. The standard InChI is InChI=1S/C17H22N2O3/c1-11(14-6-7-16-17(9-14)21-10-20-16)18-8-4-5-15-12(2)19-22-13(15)3/h6-7,9,11,18H,4-5,8,10H2,1-3H3/t11-/m0/s1. The van der Waals surface area contributed by atoms with Crippen LogP contribution in [-0.4, -0.2) is 18.5 Å². The van der Waals surface area contributed by atoms with E-state index in [2.05, 4.69) is 23.5 Å². The maximum absolute atomic E-state index is 5.42. The Morgan fingerprint density at radius 2 is 2.05 bits per heavy atom. The van der Waals surface area contributed by atoms with Crippen LogP contribution in [0.15, 0.2) is 22.7 Å². The molecule has 0 unspecified atom stereocenters. The number of rotatable bonds is 6. The topological polar surface area (TPSA) is 56.5 Å². The molecule has 0 saturated heterocycles. The van der Waals surface area contributed by atoms with E-state index >= 15 is 0 Å². The minimum atomic E-state index is 0.277. The van der Waals surface area contributed by atoms with Crippen molar-refractivity contribution in [1.82, 2.24) is 10.5 Å². The van der Waals surface area contributed by atoms with Gasteiger partial charge in [0.25, 0.3) is 0 Å². The van der Waals surface area contributed by atoms with Crippen molar-refractivity contribution >= 4 is 0 Å². The fourth-order valence-corrected chi connectivity index (χ4v) is 2.74. The van der Waals surface area contributed by atoms with Gasteiger partial charge >= 0.3 is 0 Å². The Hall–Kier alpha value is -2.01. The van der Waals surface area contributed by atoms with Crippen molar-refractivity contribution in [2.45, 2.75) is 39.7 Å². The first kappa shape index (κ1) is 14.9. The number of nitrogens with zero attached hydrogens (tertiary/aromatic N) is 1. The Kier molecular flexibility index (Phi) is 4.34. The summed E-state index contributed by atoms with van der Waals surface area (Å²) < 4.78 is 16.0. The largest absolute Gasteiger partial charge is 0.454 e. The molecular weight excluding hydrogens is 280 g/mol. The zero-order chi connectivity index (χ0) is 15.5. The lowest BCUT2D eigenvalue weighted by molar-refractivity contribution is 0.174. The molecular formula is C17H22N2O3. The van der Waals surface area contributed by atoms with E-state index in [4.69, 9.17) is 14.0 Å². The van der Waals surface area contributed by atoms with Gasteiger partial charge in [0.15, 0.2) is 11.5 Å². The minimum Gasteiger partial charge on any atom is -0.454 e. The molecule has 0 radical (unpaired) electrons. The summed E-state index contributed by atoms with van der Waals surface area (Å²) in [7, 11) is 0. The second-order valence-corrected chi connectivity index (χ2v) is 5.69. The third-order valence-electron chi connectivity index (χ3n) is 4.13. The summed E-state index contributed by atoms with van der Waals surface area (Å²) in [5, 5.41) is 7.53. The molecule has 0 bridgehead atoms. The van der Waals surface area contributed by atoms with Gasteiger partial charge in [-0.25, -0.2) is 0 Å². The molecule has 0 spiro atoms. The second-order valence-electron chi connectivity index (χ2n) is 5.69. The molecule has 3 rings (SSSR count). The zero-order valence-corrected chi connectivity index (χ0v) is 13.3. The van der Waals surface area contributed by atoms with Crippen LogP contribution < -0.4 is 14.8 Å².